The summed E-state index contributed by atoms with van der Waals surface area (Å²) in [6.45, 7) is 8.51. The average Bonchev–Trinajstić information content (AvgIpc) is 2.91. The Morgan fingerprint density at radius 1 is 1.38 bits per heavy atom. The predicted octanol–water partition coefficient (Wildman–Crippen LogP) is 1.52. The van der Waals surface area contributed by atoms with Gasteiger partial charge >= 0.3 is 5.97 Å². The van der Waals surface area contributed by atoms with Crippen molar-refractivity contribution in [3.63, 3.8) is 0 Å². The summed E-state index contributed by atoms with van der Waals surface area (Å²) in [6, 6.07) is 0. The smallest absolute Gasteiger partial charge is 0.314 e. The van der Waals surface area contributed by atoms with Crippen LogP contribution in [-0.4, -0.2) is 48.6 Å². The van der Waals surface area contributed by atoms with E-state index in [1.165, 1.54) is 0 Å². The fourth-order valence-electron chi connectivity index (χ4n) is 2.96. The maximum absolute atomic E-state index is 12.6. The minimum absolute atomic E-state index is 0.0679. The molecular weight excluding hydrogens is 268 g/mol. The lowest BCUT2D eigenvalue weighted by Gasteiger charge is -2.37. The SMILES string of the molecule is CC(C)(C)OC(=O)[C@@]1(CC(=O)N2C[CH]CC2)CCCNC1. The second-order valence-electron chi connectivity index (χ2n) is 7.16. The normalized spacial score (nSPS) is 26.7. The summed E-state index contributed by atoms with van der Waals surface area (Å²) in [5, 5.41) is 3.26. The van der Waals surface area contributed by atoms with E-state index in [9.17, 15) is 9.59 Å². The molecule has 2 aliphatic heterocycles. The number of likely N-dealkylation sites (tertiary alicyclic amines) is 1. The number of nitrogens with zero attached hydrogens (tertiary/aromatic N) is 1. The maximum Gasteiger partial charge on any atom is 0.314 e. The molecule has 0 saturated carbocycles. The highest BCUT2D eigenvalue weighted by molar-refractivity contribution is 5.86. The molecule has 0 spiro atoms. The van der Waals surface area contributed by atoms with Crippen LogP contribution in [0.2, 0.25) is 0 Å². The minimum Gasteiger partial charge on any atom is -0.459 e. The van der Waals surface area contributed by atoms with E-state index in [1.54, 1.807) is 0 Å². The number of esters is 1. The second kappa shape index (κ2) is 6.34. The van der Waals surface area contributed by atoms with Crippen LogP contribution in [0.5, 0.6) is 0 Å². The Morgan fingerprint density at radius 3 is 2.67 bits per heavy atom. The van der Waals surface area contributed by atoms with Crippen LogP contribution >= 0.6 is 0 Å². The van der Waals surface area contributed by atoms with Gasteiger partial charge in [0, 0.05) is 26.1 Å². The molecule has 2 saturated heterocycles. The third-order valence-corrected chi connectivity index (χ3v) is 4.10. The highest BCUT2D eigenvalue weighted by Gasteiger charge is 2.45. The van der Waals surface area contributed by atoms with Crippen molar-refractivity contribution in [2.24, 2.45) is 5.41 Å². The van der Waals surface area contributed by atoms with E-state index >= 15 is 0 Å². The van der Waals surface area contributed by atoms with Crippen LogP contribution in [0.1, 0.15) is 46.5 Å². The summed E-state index contributed by atoms with van der Waals surface area (Å²) in [6.07, 6.45) is 4.93. The Hall–Kier alpha value is -1.10. The Balaban J connectivity index is 2.08. The zero-order valence-corrected chi connectivity index (χ0v) is 13.4. The van der Waals surface area contributed by atoms with E-state index in [0.717, 1.165) is 32.4 Å². The molecule has 0 aromatic heterocycles. The van der Waals surface area contributed by atoms with Gasteiger partial charge in [0.2, 0.25) is 5.91 Å². The topological polar surface area (TPSA) is 58.6 Å². The lowest BCUT2D eigenvalue weighted by atomic mass is 9.77. The molecule has 5 nitrogen and oxygen atoms in total. The van der Waals surface area contributed by atoms with Crippen molar-refractivity contribution in [2.75, 3.05) is 26.2 Å². The van der Waals surface area contributed by atoms with Crippen LogP contribution < -0.4 is 5.32 Å². The van der Waals surface area contributed by atoms with Crippen LogP contribution in [0.3, 0.4) is 0 Å². The van der Waals surface area contributed by atoms with Gasteiger partial charge in [0.15, 0.2) is 0 Å². The van der Waals surface area contributed by atoms with Crippen LogP contribution in [0.25, 0.3) is 0 Å². The number of amides is 1. The lowest BCUT2D eigenvalue weighted by Crippen LogP contribution is -2.50. The Morgan fingerprint density at radius 2 is 2.14 bits per heavy atom. The summed E-state index contributed by atoms with van der Waals surface area (Å²) in [5.41, 5.74) is -1.22. The number of piperidine rings is 1. The van der Waals surface area contributed by atoms with E-state index in [1.807, 2.05) is 25.7 Å². The van der Waals surface area contributed by atoms with Gasteiger partial charge in [-0.1, -0.05) is 0 Å². The fraction of sp³-hybridized carbons (Fsp3) is 0.812. The molecule has 0 aromatic rings. The molecule has 2 heterocycles. The summed E-state index contributed by atoms with van der Waals surface area (Å²) in [5.74, 6) is -0.169. The minimum atomic E-state index is -0.703. The van der Waals surface area contributed by atoms with E-state index < -0.39 is 11.0 Å². The molecule has 2 rings (SSSR count). The molecule has 21 heavy (non-hydrogen) atoms. The molecule has 5 heteroatoms. The molecule has 1 radical (unpaired) electrons. The van der Waals surface area contributed by atoms with Crippen molar-refractivity contribution in [3.05, 3.63) is 6.42 Å². The van der Waals surface area contributed by atoms with Crippen molar-refractivity contribution in [2.45, 2.75) is 52.1 Å². The molecule has 1 atom stereocenters. The molecule has 0 unspecified atom stereocenters. The third-order valence-electron chi connectivity index (χ3n) is 4.10. The largest absolute Gasteiger partial charge is 0.459 e. The first-order valence-electron chi connectivity index (χ1n) is 7.86. The standard InChI is InChI=1S/C16H27N2O3/c1-15(2,3)21-14(20)16(7-6-8-17-12-16)11-13(19)18-9-4-5-10-18/h4,17H,5-12H2,1-3H3/t16-/m1/s1. The van der Waals surface area contributed by atoms with Crippen molar-refractivity contribution in [1.82, 2.24) is 10.2 Å². The highest BCUT2D eigenvalue weighted by atomic mass is 16.6. The number of carbonyl (C=O) groups is 2. The van der Waals surface area contributed by atoms with Gasteiger partial charge in [-0.2, -0.15) is 0 Å². The van der Waals surface area contributed by atoms with E-state index in [2.05, 4.69) is 11.7 Å². The quantitative estimate of drug-likeness (QED) is 0.802. The number of nitrogens with one attached hydrogen (secondary N) is 1. The maximum atomic E-state index is 12.6. The van der Waals surface area contributed by atoms with Gasteiger partial charge in [-0.25, -0.2) is 0 Å². The summed E-state index contributed by atoms with van der Waals surface area (Å²) < 4.78 is 5.59. The summed E-state index contributed by atoms with van der Waals surface area (Å²) in [7, 11) is 0. The summed E-state index contributed by atoms with van der Waals surface area (Å²) >= 11 is 0. The molecule has 1 amide bonds. The highest BCUT2D eigenvalue weighted by Crippen LogP contribution is 2.34. The van der Waals surface area contributed by atoms with E-state index in [0.29, 0.717) is 13.1 Å². The first kappa shape index (κ1) is 16.3. The van der Waals surface area contributed by atoms with Gasteiger partial charge in [0.1, 0.15) is 5.60 Å². The third kappa shape index (κ3) is 4.19. The molecular formula is C16H27N2O3. The van der Waals surface area contributed by atoms with Crippen molar-refractivity contribution < 1.29 is 14.3 Å². The van der Waals surface area contributed by atoms with Gasteiger partial charge in [0.05, 0.1) is 5.41 Å². The Labute approximate surface area is 127 Å². The first-order chi connectivity index (χ1) is 9.82. The van der Waals surface area contributed by atoms with Gasteiger partial charge in [0.25, 0.3) is 0 Å². The monoisotopic (exact) mass is 295 g/mol. The number of hydrogen-bond acceptors (Lipinski definition) is 4. The summed E-state index contributed by atoms with van der Waals surface area (Å²) in [4.78, 5) is 26.9. The molecule has 0 aliphatic carbocycles. The number of hydrogen-bond donors (Lipinski definition) is 1. The number of ether oxygens (including phenoxy) is 1. The molecule has 1 N–H and O–H groups in total. The van der Waals surface area contributed by atoms with Crippen molar-refractivity contribution in [3.8, 4) is 0 Å². The van der Waals surface area contributed by atoms with E-state index in [4.69, 9.17) is 4.74 Å². The zero-order valence-electron chi connectivity index (χ0n) is 13.4. The molecule has 119 valence electrons. The zero-order chi connectivity index (χ0) is 15.5. The van der Waals surface area contributed by atoms with Crippen LogP contribution in [0.4, 0.5) is 0 Å². The number of carbonyl (C=O) groups excluding carboxylic acids is 2. The second-order valence-corrected chi connectivity index (χ2v) is 7.16. The molecule has 2 aliphatic rings. The Bertz CT molecular complexity index is 389. The van der Waals surface area contributed by atoms with Gasteiger partial charge in [-0.05, 0) is 53.0 Å². The predicted molar refractivity (Wildman–Crippen MR) is 80.5 cm³/mol. The van der Waals surface area contributed by atoms with E-state index in [-0.39, 0.29) is 18.3 Å². The Kier molecular flexibility index (Phi) is 4.91. The van der Waals surface area contributed by atoms with Crippen molar-refractivity contribution >= 4 is 11.9 Å². The van der Waals surface area contributed by atoms with Gasteiger partial charge in [-0.3, -0.25) is 9.59 Å². The van der Waals surface area contributed by atoms with Crippen LogP contribution in [0, 0.1) is 11.8 Å². The number of rotatable bonds is 3. The van der Waals surface area contributed by atoms with Crippen molar-refractivity contribution in [1.29, 1.82) is 0 Å². The van der Waals surface area contributed by atoms with Gasteiger partial charge < -0.3 is 15.0 Å². The van der Waals surface area contributed by atoms with Crippen LogP contribution in [-0.2, 0) is 14.3 Å². The van der Waals surface area contributed by atoms with Crippen LogP contribution in [0.15, 0.2) is 0 Å². The first-order valence-corrected chi connectivity index (χ1v) is 7.86. The molecule has 2 fully saturated rings. The molecule has 0 bridgehead atoms. The fourth-order valence-corrected chi connectivity index (χ4v) is 2.96. The lowest BCUT2D eigenvalue weighted by molar-refractivity contribution is -0.171. The average molecular weight is 295 g/mol. The molecule has 0 aromatic carbocycles. The van der Waals surface area contributed by atoms with Gasteiger partial charge in [-0.15, -0.1) is 0 Å².